The van der Waals surface area contributed by atoms with Crippen molar-refractivity contribution in [3.63, 3.8) is 0 Å². The fourth-order valence-corrected chi connectivity index (χ4v) is 1.70. The minimum Gasteiger partial charge on any atom is -0.274 e. The van der Waals surface area contributed by atoms with E-state index in [0.717, 1.165) is 5.92 Å². The van der Waals surface area contributed by atoms with Gasteiger partial charge in [0.25, 0.3) is 11.8 Å². The van der Waals surface area contributed by atoms with Crippen molar-refractivity contribution in [2.75, 3.05) is 6.54 Å². The minimum atomic E-state index is -0.184. The molecule has 15 heavy (non-hydrogen) atoms. The van der Waals surface area contributed by atoms with Gasteiger partial charge >= 0.3 is 0 Å². The normalized spacial score (nSPS) is 15.0. The van der Waals surface area contributed by atoms with Gasteiger partial charge in [-0.1, -0.05) is 26.0 Å². The molecule has 3 heteroatoms. The second kappa shape index (κ2) is 3.50. The summed E-state index contributed by atoms with van der Waals surface area (Å²) in [7, 11) is 0. The van der Waals surface area contributed by atoms with E-state index >= 15 is 0 Å². The van der Waals surface area contributed by atoms with Crippen molar-refractivity contribution >= 4 is 11.8 Å². The van der Waals surface area contributed by atoms with E-state index in [9.17, 15) is 9.59 Å². The molecule has 1 aromatic carbocycles. The lowest BCUT2D eigenvalue weighted by molar-refractivity contribution is 0.0661. The van der Waals surface area contributed by atoms with Crippen LogP contribution in [0, 0.1) is 5.92 Å². The molecule has 0 unspecified atom stereocenters. The lowest BCUT2D eigenvalue weighted by Crippen LogP contribution is -2.32. The maximum Gasteiger partial charge on any atom is 0.261 e. The molecule has 2 rings (SSSR count). The third kappa shape index (κ3) is 1.54. The zero-order valence-corrected chi connectivity index (χ0v) is 8.78. The Bertz CT molecular complexity index is 388. The van der Waals surface area contributed by atoms with Gasteiger partial charge < -0.3 is 0 Å². The number of fused-ring (bicyclic) bond motifs is 1. The monoisotopic (exact) mass is 202 g/mol. The van der Waals surface area contributed by atoms with E-state index in [1.54, 1.807) is 24.3 Å². The van der Waals surface area contributed by atoms with Gasteiger partial charge in [-0.15, -0.1) is 0 Å². The smallest absolute Gasteiger partial charge is 0.261 e. The number of nitrogens with zero attached hydrogens (tertiary/aromatic N) is 1. The van der Waals surface area contributed by atoms with Gasteiger partial charge in [0.1, 0.15) is 0 Å². The molecule has 0 fully saturated rings. The Hall–Kier alpha value is -1.64. The number of imide groups is 1. The van der Waals surface area contributed by atoms with Gasteiger partial charge in [0.15, 0.2) is 0 Å². The lowest BCUT2D eigenvalue weighted by atomic mass is 10.1. The number of carbonyl (C=O) groups excluding carboxylic acids is 2. The summed E-state index contributed by atoms with van der Waals surface area (Å²) in [5, 5.41) is 0. The number of amides is 2. The van der Waals surface area contributed by atoms with Gasteiger partial charge in [-0.25, -0.2) is 0 Å². The van der Waals surface area contributed by atoms with Crippen molar-refractivity contribution in [1.82, 2.24) is 4.90 Å². The highest BCUT2D eigenvalue weighted by Crippen LogP contribution is 2.23. The maximum absolute atomic E-state index is 11.8. The number of benzene rings is 1. The van der Waals surface area contributed by atoms with Crippen LogP contribution in [0.2, 0.25) is 0 Å². The standard InChI is InChI=1S/C12H12NO2/c1-8(2)7-13-11(14)9-5-3-4-6-10(9)12(13)15/h3-6H,7H2,1-2H3. The molecule has 0 saturated heterocycles. The molecular weight excluding hydrogens is 190 g/mol. The molecule has 1 aromatic rings. The Morgan fingerprint density at radius 1 is 1.07 bits per heavy atom. The van der Waals surface area contributed by atoms with E-state index < -0.39 is 0 Å². The zero-order valence-electron chi connectivity index (χ0n) is 8.78. The van der Waals surface area contributed by atoms with Crippen molar-refractivity contribution in [3.05, 3.63) is 41.3 Å². The average Bonchev–Trinajstić information content (AvgIpc) is 2.44. The van der Waals surface area contributed by atoms with Crippen molar-refractivity contribution < 1.29 is 9.59 Å². The molecule has 0 N–H and O–H groups in total. The van der Waals surface area contributed by atoms with Crippen molar-refractivity contribution in [1.29, 1.82) is 0 Å². The van der Waals surface area contributed by atoms with Crippen LogP contribution in [0.3, 0.4) is 0 Å². The maximum atomic E-state index is 11.8. The first-order valence-corrected chi connectivity index (χ1v) is 4.85. The van der Waals surface area contributed by atoms with E-state index in [4.69, 9.17) is 0 Å². The summed E-state index contributed by atoms with van der Waals surface area (Å²) < 4.78 is 0. The molecule has 1 radical (unpaired) electrons. The third-order valence-corrected chi connectivity index (χ3v) is 2.35. The molecule has 0 aromatic heterocycles. The van der Waals surface area contributed by atoms with Crippen LogP contribution in [0.1, 0.15) is 34.6 Å². The van der Waals surface area contributed by atoms with Crippen molar-refractivity contribution in [3.8, 4) is 0 Å². The molecule has 0 saturated carbocycles. The van der Waals surface area contributed by atoms with Crippen LogP contribution in [-0.2, 0) is 0 Å². The summed E-state index contributed by atoms with van der Waals surface area (Å²) in [5.74, 6) is 0.679. The van der Waals surface area contributed by atoms with Crippen molar-refractivity contribution in [2.45, 2.75) is 13.8 Å². The Labute approximate surface area is 88.7 Å². The molecule has 0 aliphatic carbocycles. The predicted molar refractivity (Wildman–Crippen MR) is 56.4 cm³/mol. The topological polar surface area (TPSA) is 37.4 Å². The van der Waals surface area contributed by atoms with Crippen LogP contribution >= 0.6 is 0 Å². The number of hydrogen-bond acceptors (Lipinski definition) is 2. The number of hydrogen-bond donors (Lipinski definition) is 0. The summed E-state index contributed by atoms with van der Waals surface area (Å²) in [4.78, 5) is 25.0. The van der Waals surface area contributed by atoms with Crippen LogP contribution in [0.25, 0.3) is 0 Å². The van der Waals surface area contributed by atoms with Crippen LogP contribution in [-0.4, -0.2) is 23.3 Å². The van der Waals surface area contributed by atoms with E-state index in [2.05, 4.69) is 0 Å². The zero-order chi connectivity index (χ0) is 11.0. The fourth-order valence-electron chi connectivity index (χ4n) is 1.70. The molecule has 77 valence electrons. The largest absolute Gasteiger partial charge is 0.274 e. The fraction of sp³-hybridized carbons (Fsp3) is 0.250. The highest BCUT2D eigenvalue weighted by atomic mass is 16.2. The molecule has 1 heterocycles. The van der Waals surface area contributed by atoms with Gasteiger partial charge in [-0.2, -0.15) is 0 Å². The molecule has 0 spiro atoms. The second-order valence-corrected chi connectivity index (χ2v) is 3.95. The van der Waals surface area contributed by atoms with E-state index in [0.29, 0.717) is 17.7 Å². The van der Waals surface area contributed by atoms with Crippen LogP contribution in [0.5, 0.6) is 0 Å². The summed E-state index contributed by atoms with van der Waals surface area (Å²) in [6.45, 7) is 4.22. The highest BCUT2D eigenvalue weighted by Gasteiger charge is 2.34. The molecule has 1 aliphatic rings. The Kier molecular flexibility index (Phi) is 2.31. The quantitative estimate of drug-likeness (QED) is 0.687. The first kappa shape index (κ1) is 9.90. The second-order valence-electron chi connectivity index (χ2n) is 3.95. The van der Waals surface area contributed by atoms with Crippen LogP contribution in [0.4, 0.5) is 0 Å². The number of rotatable bonds is 2. The van der Waals surface area contributed by atoms with Crippen LogP contribution in [0.15, 0.2) is 24.3 Å². The van der Waals surface area contributed by atoms with E-state index in [1.165, 1.54) is 4.90 Å². The van der Waals surface area contributed by atoms with Gasteiger partial charge in [0, 0.05) is 6.54 Å². The van der Waals surface area contributed by atoms with E-state index in [1.807, 2.05) is 13.8 Å². The molecule has 0 bridgehead atoms. The van der Waals surface area contributed by atoms with Crippen molar-refractivity contribution in [2.24, 2.45) is 0 Å². The van der Waals surface area contributed by atoms with E-state index in [-0.39, 0.29) is 11.8 Å². The van der Waals surface area contributed by atoms with Gasteiger partial charge in [-0.05, 0) is 18.1 Å². The molecule has 0 atom stereocenters. The summed E-state index contributed by atoms with van der Waals surface area (Å²) in [5.41, 5.74) is 1.03. The summed E-state index contributed by atoms with van der Waals surface area (Å²) in [6.07, 6.45) is 0. The Balaban J connectivity index is 2.37. The predicted octanol–water partition coefficient (Wildman–Crippen LogP) is 1.90. The SMILES string of the molecule is C[C](C)CN1C(=O)c2ccccc2C1=O. The average molecular weight is 202 g/mol. The third-order valence-electron chi connectivity index (χ3n) is 2.35. The van der Waals surface area contributed by atoms with Gasteiger partial charge in [-0.3, -0.25) is 14.5 Å². The highest BCUT2D eigenvalue weighted by molar-refractivity contribution is 6.21. The molecule has 3 nitrogen and oxygen atoms in total. The van der Waals surface area contributed by atoms with Gasteiger partial charge in [0.2, 0.25) is 0 Å². The van der Waals surface area contributed by atoms with Crippen LogP contribution < -0.4 is 0 Å². The first-order valence-electron chi connectivity index (χ1n) is 4.85. The Morgan fingerprint density at radius 2 is 1.53 bits per heavy atom. The summed E-state index contributed by atoms with van der Waals surface area (Å²) in [6, 6.07) is 6.94. The Morgan fingerprint density at radius 3 is 1.93 bits per heavy atom. The van der Waals surface area contributed by atoms with Gasteiger partial charge in [0.05, 0.1) is 11.1 Å². The summed E-state index contributed by atoms with van der Waals surface area (Å²) >= 11 is 0. The lowest BCUT2D eigenvalue weighted by Gasteiger charge is -2.15. The number of carbonyl (C=O) groups is 2. The minimum absolute atomic E-state index is 0.184. The molecule has 2 amide bonds. The molecule has 1 aliphatic heterocycles. The first-order chi connectivity index (χ1) is 7.11. The molecular formula is C12H12NO2.